The molecule has 3 N–H and O–H groups in total. The van der Waals surface area contributed by atoms with Crippen LogP contribution in [0.3, 0.4) is 0 Å². The summed E-state index contributed by atoms with van der Waals surface area (Å²) >= 11 is 0. The van der Waals surface area contributed by atoms with Crippen molar-refractivity contribution in [1.29, 1.82) is 0 Å². The Kier molecular flexibility index (Phi) is 2.19. The highest BCUT2D eigenvalue weighted by Crippen LogP contribution is 2.27. The Balaban J connectivity index is 2.32. The van der Waals surface area contributed by atoms with Gasteiger partial charge in [-0.15, -0.1) is 0 Å². The summed E-state index contributed by atoms with van der Waals surface area (Å²) in [7, 11) is 0. The van der Waals surface area contributed by atoms with Crippen LogP contribution in [0.4, 0.5) is 10.1 Å². The molecule has 0 radical (unpaired) electrons. The fourth-order valence-electron chi connectivity index (χ4n) is 1.80. The van der Waals surface area contributed by atoms with Crippen LogP contribution in [0.15, 0.2) is 18.2 Å². The van der Waals surface area contributed by atoms with Gasteiger partial charge in [-0.25, -0.2) is 4.39 Å². The number of nitrogens with two attached hydrogens (primary N) is 1. The molecule has 1 aliphatic heterocycles. The van der Waals surface area contributed by atoms with Gasteiger partial charge < -0.3 is 11.1 Å². The van der Waals surface area contributed by atoms with E-state index >= 15 is 0 Å². The minimum Gasteiger partial charge on any atom is -0.398 e. The van der Waals surface area contributed by atoms with E-state index in [1.807, 2.05) is 0 Å². The summed E-state index contributed by atoms with van der Waals surface area (Å²) < 4.78 is 12.9. The molecular formula is C10H13FN2. The number of hydrogen-bond acceptors (Lipinski definition) is 2. The third-order valence-corrected chi connectivity index (χ3v) is 2.48. The van der Waals surface area contributed by atoms with E-state index in [9.17, 15) is 4.39 Å². The Morgan fingerprint density at radius 1 is 1.46 bits per heavy atom. The van der Waals surface area contributed by atoms with Crippen molar-refractivity contribution in [3.63, 3.8) is 0 Å². The molecule has 1 saturated heterocycles. The zero-order valence-electron chi connectivity index (χ0n) is 7.39. The first-order valence-corrected chi connectivity index (χ1v) is 4.55. The highest BCUT2D eigenvalue weighted by Gasteiger charge is 2.18. The maximum absolute atomic E-state index is 12.9. The number of anilines is 1. The molecule has 0 amide bonds. The van der Waals surface area contributed by atoms with Gasteiger partial charge in [-0.05, 0) is 43.1 Å². The highest BCUT2D eigenvalue weighted by molar-refractivity contribution is 5.48. The Morgan fingerprint density at radius 2 is 2.31 bits per heavy atom. The largest absolute Gasteiger partial charge is 0.398 e. The van der Waals surface area contributed by atoms with Gasteiger partial charge in [0, 0.05) is 11.7 Å². The molecule has 0 spiro atoms. The third kappa shape index (κ3) is 1.65. The lowest BCUT2D eigenvalue weighted by atomic mass is 10.0. The summed E-state index contributed by atoms with van der Waals surface area (Å²) in [5, 5.41) is 3.29. The molecule has 0 unspecified atom stereocenters. The lowest BCUT2D eigenvalue weighted by molar-refractivity contribution is 0.608. The van der Waals surface area contributed by atoms with Gasteiger partial charge in [0.15, 0.2) is 0 Å². The molecule has 13 heavy (non-hydrogen) atoms. The molecule has 2 rings (SSSR count). The first kappa shape index (κ1) is 8.51. The molecule has 2 nitrogen and oxygen atoms in total. The standard InChI is InChI=1S/C10H13FN2/c11-7-3-4-9(12)8(6-7)10-2-1-5-13-10/h3-4,6,10,13H,1-2,5,12H2/t10-/m1/s1. The van der Waals surface area contributed by atoms with Gasteiger partial charge in [0.05, 0.1) is 0 Å². The predicted octanol–water partition coefficient (Wildman–Crippen LogP) is 1.83. The molecule has 3 heteroatoms. The van der Waals surface area contributed by atoms with E-state index in [1.165, 1.54) is 12.1 Å². The molecule has 0 saturated carbocycles. The van der Waals surface area contributed by atoms with Gasteiger partial charge in [0.2, 0.25) is 0 Å². The fourth-order valence-corrected chi connectivity index (χ4v) is 1.80. The SMILES string of the molecule is Nc1ccc(F)cc1[C@H]1CCCN1. The fraction of sp³-hybridized carbons (Fsp3) is 0.400. The number of nitrogens with one attached hydrogen (secondary N) is 1. The predicted molar refractivity (Wildman–Crippen MR) is 50.8 cm³/mol. The van der Waals surface area contributed by atoms with Crippen molar-refractivity contribution in [2.45, 2.75) is 18.9 Å². The van der Waals surface area contributed by atoms with Crippen LogP contribution in [0, 0.1) is 5.82 Å². The van der Waals surface area contributed by atoms with Gasteiger partial charge in [-0.3, -0.25) is 0 Å². The number of halogens is 1. The maximum Gasteiger partial charge on any atom is 0.123 e. The molecule has 0 aromatic heterocycles. The normalized spacial score (nSPS) is 22.1. The maximum atomic E-state index is 12.9. The zero-order chi connectivity index (χ0) is 9.26. The average molecular weight is 180 g/mol. The summed E-state index contributed by atoms with van der Waals surface area (Å²) in [5.74, 6) is -0.210. The van der Waals surface area contributed by atoms with Gasteiger partial charge in [-0.1, -0.05) is 0 Å². The second-order valence-corrected chi connectivity index (χ2v) is 3.42. The van der Waals surface area contributed by atoms with Crippen LogP contribution in [0.25, 0.3) is 0 Å². The van der Waals surface area contributed by atoms with Crippen molar-refractivity contribution >= 4 is 5.69 Å². The van der Waals surface area contributed by atoms with Crippen LogP contribution in [0.2, 0.25) is 0 Å². The van der Waals surface area contributed by atoms with Crippen LogP contribution in [0.5, 0.6) is 0 Å². The Morgan fingerprint density at radius 3 is 3.00 bits per heavy atom. The van der Waals surface area contributed by atoms with Crippen molar-refractivity contribution in [1.82, 2.24) is 5.32 Å². The molecule has 70 valence electrons. The first-order valence-electron chi connectivity index (χ1n) is 4.55. The Hall–Kier alpha value is -1.09. The molecule has 1 fully saturated rings. The van der Waals surface area contributed by atoms with E-state index in [2.05, 4.69) is 5.32 Å². The van der Waals surface area contributed by atoms with Crippen molar-refractivity contribution < 1.29 is 4.39 Å². The number of benzene rings is 1. The average Bonchev–Trinajstić information content (AvgIpc) is 2.61. The lowest BCUT2D eigenvalue weighted by Crippen LogP contribution is -2.14. The van der Waals surface area contributed by atoms with Crippen molar-refractivity contribution in [2.24, 2.45) is 0 Å². The van der Waals surface area contributed by atoms with Crippen LogP contribution in [0.1, 0.15) is 24.4 Å². The van der Waals surface area contributed by atoms with Crippen LogP contribution in [-0.2, 0) is 0 Å². The molecule has 0 aliphatic carbocycles. The third-order valence-electron chi connectivity index (χ3n) is 2.48. The molecular weight excluding hydrogens is 167 g/mol. The summed E-state index contributed by atoms with van der Waals surface area (Å²) in [6.07, 6.45) is 2.19. The molecule has 0 bridgehead atoms. The Labute approximate surface area is 76.9 Å². The van der Waals surface area contributed by atoms with Crippen LogP contribution >= 0.6 is 0 Å². The van der Waals surface area contributed by atoms with Crippen LogP contribution in [-0.4, -0.2) is 6.54 Å². The second-order valence-electron chi connectivity index (χ2n) is 3.42. The van der Waals surface area contributed by atoms with Crippen molar-refractivity contribution in [3.05, 3.63) is 29.6 Å². The van der Waals surface area contributed by atoms with E-state index < -0.39 is 0 Å². The van der Waals surface area contributed by atoms with Crippen LogP contribution < -0.4 is 11.1 Å². The van der Waals surface area contributed by atoms with Gasteiger partial charge >= 0.3 is 0 Å². The quantitative estimate of drug-likeness (QED) is 0.647. The number of nitrogen functional groups attached to an aromatic ring is 1. The van der Waals surface area contributed by atoms with E-state index in [0.717, 1.165) is 24.9 Å². The summed E-state index contributed by atoms with van der Waals surface area (Å²) in [5.41, 5.74) is 7.34. The monoisotopic (exact) mass is 180 g/mol. The smallest absolute Gasteiger partial charge is 0.123 e. The first-order chi connectivity index (χ1) is 6.27. The minimum absolute atomic E-state index is 0.210. The molecule has 1 heterocycles. The van der Waals surface area contributed by atoms with E-state index in [0.29, 0.717) is 5.69 Å². The lowest BCUT2D eigenvalue weighted by Gasteiger charge is -2.12. The van der Waals surface area contributed by atoms with Crippen molar-refractivity contribution in [2.75, 3.05) is 12.3 Å². The summed E-state index contributed by atoms with van der Waals surface area (Å²) in [4.78, 5) is 0. The second kappa shape index (κ2) is 3.34. The zero-order valence-corrected chi connectivity index (χ0v) is 7.39. The molecule has 1 atom stereocenters. The van der Waals surface area contributed by atoms with E-state index in [1.54, 1.807) is 6.07 Å². The number of hydrogen-bond donors (Lipinski definition) is 2. The Bertz CT molecular complexity index is 306. The van der Waals surface area contributed by atoms with Gasteiger partial charge in [-0.2, -0.15) is 0 Å². The highest BCUT2D eigenvalue weighted by atomic mass is 19.1. The van der Waals surface area contributed by atoms with E-state index in [4.69, 9.17) is 5.73 Å². The summed E-state index contributed by atoms with van der Waals surface area (Å²) in [6.45, 7) is 1.00. The molecule has 1 aromatic carbocycles. The number of rotatable bonds is 1. The summed E-state index contributed by atoms with van der Waals surface area (Å²) in [6, 6.07) is 4.80. The molecule has 1 aliphatic rings. The minimum atomic E-state index is -0.210. The topological polar surface area (TPSA) is 38.0 Å². The molecule has 1 aromatic rings. The van der Waals surface area contributed by atoms with E-state index in [-0.39, 0.29) is 11.9 Å². The van der Waals surface area contributed by atoms with Crippen molar-refractivity contribution in [3.8, 4) is 0 Å². The van der Waals surface area contributed by atoms with Gasteiger partial charge in [0.25, 0.3) is 0 Å². The van der Waals surface area contributed by atoms with Gasteiger partial charge in [0.1, 0.15) is 5.82 Å².